The van der Waals surface area contributed by atoms with Crippen LogP contribution >= 0.6 is 0 Å². The average Bonchev–Trinajstić information content (AvgIpc) is 2.90. The van der Waals surface area contributed by atoms with Gasteiger partial charge in [-0.05, 0) is 37.6 Å². The number of aromatic nitrogens is 2. The van der Waals surface area contributed by atoms with Gasteiger partial charge in [0, 0.05) is 5.39 Å². The number of para-hydroxylation sites is 2. The molecule has 5 rings (SSSR count). The van der Waals surface area contributed by atoms with Crippen molar-refractivity contribution >= 4 is 39.9 Å². The number of fused-ring (bicyclic) bond motifs is 2. The van der Waals surface area contributed by atoms with Crippen molar-refractivity contribution < 1.29 is 19.1 Å². The Morgan fingerprint density at radius 3 is 2.30 bits per heavy atom. The first-order chi connectivity index (χ1) is 17.8. The first-order valence-electron chi connectivity index (χ1n) is 11.7. The molecule has 1 N–H and O–H groups in total. The molecule has 1 aliphatic rings. The summed E-state index contributed by atoms with van der Waals surface area (Å²) in [6.45, 7) is 2.79. The van der Waals surface area contributed by atoms with Crippen molar-refractivity contribution in [3.63, 3.8) is 0 Å². The second-order valence-electron chi connectivity index (χ2n) is 9.18. The number of ether oxygens (including phenoxy) is 1. The molecule has 0 bridgehead atoms. The van der Waals surface area contributed by atoms with Gasteiger partial charge in [-0.3, -0.25) is 19.3 Å². The van der Waals surface area contributed by atoms with Gasteiger partial charge in [0.05, 0.1) is 23.3 Å². The Hall–Kier alpha value is -4.79. The van der Waals surface area contributed by atoms with E-state index >= 15 is 0 Å². The average molecular weight is 497 g/mol. The predicted molar refractivity (Wildman–Crippen MR) is 138 cm³/mol. The zero-order valence-corrected chi connectivity index (χ0v) is 20.3. The van der Waals surface area contributed by atoms with Crippen LogP contribution < -0.4 is 15.8 Å². The van der Waals surface area contributed by atoms with E-state index < -0.39 is 24.0 Å². The zero-order valence-electron chi connectivity index (χ0n) is 20.3. The van der Waals surface area contributed by atoms with Crippen molar-refractivity contribution in [2.24, 2.45) is 0 Å². The van der Waals surface area contributed by atoms with Crippen LogP contribution in [0.4, 0.5) is 11.4 Å². The van der Waals surface area contributed by atoms with Gasteiger partial charge < -0.3 is 10.1 Å². The maximum Gasteiger partial charge on any atom is 0.359 e. The Bertz CT molecular complexity index is 1590. The van der Waals surface area contributed by atoms with Crippen LogP contribution in [0.3, 0.4) is 0 Å². The summed E-state index contributed by atoms with van der Waals surface area (Å²) in [6, 6.07) is 22.8. The summed E-state index contributed by atoms with van der Waals surface area (Å²) in [6.07, 6.45) is 0. The molecule has 2 amide bonds. The van der Waals surface area contributed by atoms with Gasteiger partial charge in [-0.1, -0.05) is 60.7 Å². The van der Waals surface area contributed by atoms with Gasteiger partial charge in [0.1, 0.15) is 5.54 Å². The largest absolute Gasteiger partial charge is 0.451 e. The molecule has 2 heterocycles. The normalized spacial score (nSPS) is 14.1. The number of benzene rings is 3. The third-order valence-electron chi connectivity index (χ3n) is 6.32. The van der Waals surface area contributed by atoms with Gasteiger partial charge in [0.15, 0.2) is 12.3 Å². The number of rotatable bonds is 5. The second-order valence-corrected chi connectivity index (χ2v) is 9.18. The van der Waals surface area contributed by atoms with E-state index in [4.69, 9.17) is 4.74 Å². The molecule has 0 atom stereocenters. The molecule has 3 aromatic carbocycles. The van der Waals surface area contributed by atoms with Crippen molar-refractivity contribution in [3.05, 3.63) is 100 Å². The van der Waals surface area contributed by atoms with Crippen molar-refractivity contribution in [2.75, 3.05) is 16.8 Å². The molecule has 186 valence electrons. The first-order valence-corrected chi connectivity index (χ1v) is 11.7. The highest BCUT2D eigenvalue weighted by atomic mass is 16.5. The van der Waals surface area contributed by atoms with E-state index in [0.717, 1.165) is 5.56 Å². The van der Waals surface area contributed by atoms with Crippen LogP contribution in [0.2, 0.25) is 0 Å². The summed E-state index contributed by atoms with van der Waals surface area (Å²) in [5.41, 5.74) is 0.220. The minimum Gasteiger partial charge on any atom is -0.451 e. The predicted octanol–water partition coefficient (Wildman–Crippen LogP) is 3.37. The minimum absolute atomic E-state index is 0.0741. The van der Waals surface area contributed by atoms with Crippen molar-refractivity contribution in [1.29, 1.82) is 0 Å². The lowest BCUT2D eigenvalue weighted by atomic mass is 9.96. The summed E-state index contributed by atoms with van der Waals surface area (Å²) < 4.78 is 6.61. The fourth-order valence-electron chi connectivity index (χ4n) is 4.41. The van der Waals surface area contributed by atoms with E-state index in [0.29, 0.717) is 22.1 Å². The minimum atomic E-state index is -1.20. The topological polar surface area (TPSA) is 111 Å². The molecule has 0 radical (unpaired) electrons. The van der Waals surface area contributed by atoms with Crippen LogP contribution in [0.15, 0.2) is 83.7 Å². The van der Waals surface area contributed by atoms with Crippen molar-refractivity contribution in [2.45, 2.75) is 25.9 Å². The van der Waals surface area contributed by atoms with Crippen LogP contribution in [0.1, 0.15) is 29.9 Å². The Kier molecular flexibility index (Phi) is 6.04. The number of amides is 2. The van der Waals surface area contributed by atoms with E-state index in [1.165, 1.54) is 9.58 Å². The molecule has 9 nitrogen and oxygen atoms in total. The molecule has 1 aromatic heterocycles. The van der Waals surface area contributed by atoms with E-state index in [9.17, 15) is 19.2 Å². The maximum absolute atomic E-state index is 13.3. The molecule has 0 saturated heterocycles. The molecule has 37 heavy (non-hydrogen) atoms. The summed E-state index contributed by atoms with van der Waals surface area (Å²) in [4.78, 5) is 53.5. The van der Waals surface area contributed by atoms with Gasteiger partial charge in [-0.25, -0.2) is 9.48 Å². The smallest absolute Gasteiger partial charge is 0.359 e. The number of nitrogens with zero attached hydrogens (tertiary/aromatic N) is 3. The number of carbonyl (C=O) groups excluding carboxylic acids is 3. The molecule has 0 aliphatic carbocycles. The molecular formula is C28H24N4O5. The number of esters is 1. The number of anilines is 2. The first kappa shape index (κ1) is 23.9. The highest BCUT2D eigenvalue weighted by molar-refractivity contribution is 6.14. The Balaban J connectivity index is 1.44. The molecule has 0 spiro atoms. The fraction of sp³-hybridized carbons (Fsp3) is 0.179. The lowest BCUT2D eigenvalue weighted by Gasteiger charge is -2.41. The molecular weight excluding hydrogens is 472 g/mol. The quantitative estimate of drug-likeness (QED) is 0.424. The molecule has 0 fully saturated rings. The van der Waals surface area contributed by atoms with Crippen LogP contribution in [0.5, 0.6) is 0 Å². The van der Waals surface area contributed by atoms with E-state index in [-0.39, 0.29) is 23.7 Å². The second kappa shape index (κ2) is 9.34. The SMILES string of the molecule is CC1(C)C(=O)Nc2ccccc2N1C(=O)COC(=O)c1nn(Cc2ccccc2)c(=O)c2ccccc12. The maximum atomic E-state index is 13.3. The van der Waals surface area contributed by atoms with Gasteiger partial charge in [0.25, 0.3) is 11.5 Å². The van der Waals surface area contributed by atoms with Gasteiger partial charge in [0.2, 0.25) is 5.91 Å². The molecule has 1 aliphatic heterocycles. The summed E-state index contributed by atoms with van der Waals surface area (Å²) >= 11 is 0. The van der Waals surface area contributed by atoms with E-state index in [1.54, 1.807) is 62.4 Å². The third-order valence-corrected chi connectivity index (χ3v) is 6.32. The third kappa shape index (κ3) is 4.35. The Morgan fingerprint density at radius 1 is 0.892 bits per heavy atom. The lowest BCUT2D eigenvalue weighted by molar-refractivity contribution is -0.128. The number of carbonyl (C=O) groups is 3. The summed E-state index contributed by atoms with van der Waals surface area (Å²) in [5, 5.41) is 7.74. The van der Waals surface area contributed by atoms with E-state index in [2.05, 4.69) is 10.4 Å². The molecule has 0 unspecified atom stereocenters. The summed E-state index contributed by atoms with van der Waals surface area (Å²) in [5.74, 6) is -1.77. The van der Waals surface area contributed by atoms with Crippen LogP contribution in [-0.4, -0.2) is 39.7 Å². The van der Waals surface area contributed by atoms with Crippen molar-refractivity contribution in [1.82, 2.24) is 9.78 Å². The van der Waals surface area contributed by atoms with Gasteiger partial charge in [-0.2, -0.15) is 5.10 Å². The molecule has 0 saturated carbocycles. The standard InChI is InChI=1S/C28H24N4O5/c1-28(2)27(36)29-21-14-8-9-15-22(21)32(28)23(33)17-37-26(35)24-19-12-6-7-13-20(19)25(34)31(30-24)16-18-10-4-3-5-11-18/h3-15H,16-17H2,1-2H3,(H,29,36). The summed E-state index contributed by atoms with van der Waals surface area (Å²) in [7, 11) is 0. The van der Waals surface area contributed by atoms with Crippen LogP contribution in [-0.2, 0) is 20.9 Å². The zero-order chi connectivity index (χ0) is 26.2. The monoisotopic (exact) mass is 496 g/mol. The van der Waals surface area contributed by atoms with E-state index in [1.807, 2.05) is 30.3 Å². The van der Waals surface area contributed by atoms with Crippen LogP contribution in [0, 0.1) is 0 Å². The Morgan fingerprint density at radius 2 is 1.54 bits per heavy atom. The van der Waals surface area contributed by atoms with Crippen LogP contribution in [0.25, 0.3) is 10.8 Å². The van der Waals surface area contributed by atoms with Gasteiger partial charge >= 0.3 is 5.97 Å². The highest BCUT2D eigenvalue weighted by Crippen LogP contribution is 2.36. The highest BCUT2D eigenvalue weighted by Gasteiger charge is 2.43. The van der Waals surface area contributed by atoms with Crippen molar-refractivity contribution in [3.8, 4) is 0 Å². The number of hydrogen-bond donors (Lipinski definition) is 1. The molecule has 4 aromatic rings. The lowest BCUT2D eigenvalue weighted by Crippen LogP contribution is -2.59. The number of nitrogens with one attached hydrogen (secondary N) is 1. The Labute approximate surface area is 212 Å². The van der Waals surface area contributed by atoms with Gasteiger partial charge in [-0.15, -0.1) is 0 Å². The fourth-order valence-corrected chi connectivity index (χ4v) is 4.41. The molecule has 9 heteroatoms. The number of hydrogen-bond acceptors (Lipinski definition) is 6.